The van der Waals surface area contributed by atoms with Crippen LogP contribution in [0.2, 0.25) is 0 Å². The number of aryl methyl sites for hydroxylation is 1. The maximum Gasteiger partial charge on any atom is 0.251 e. The second-order valence-electron chi connectivity index (χ2n) is 9.35. The Morgan fingerprint density at radius 3 is 2.31 bits per heavy atom. The number of aromatic amines is 1. The molecule has 1 N–H and O–H groups in total. The number of benzene rings is 1. The molecular weight excluding hydrogens is 396 g/mol. The van der Waals surface area contributed by atoms with Crippen LogP contribution in [0.5, 0.6) is 0 Å². The second-order valence-corrected chi connectivity index (χ2v) is 9.35. The summed E-state index contributed by atoms with van der Waals surface area (Å²) in [6.07, 6.45) is 10.2. The highest BCUT2D eigenvalue weighted by Crippen LogP contribution is 2.36. The van der Waals surface area contributed by atoms with Gasteiger partial charge in [0, 0.05) is 24.7 Å². The molecule has 1 saturated carbocycles. The van der Waals surface area contributed by atoms with E-state index in [4.69, 9.17) is 4.74 Å². The summed E-state index contributed by atoms with van der Waals surface area (Å²) in [6, 6.07) is 8.61. The molecule has 0 bridgehead atoms. The topological polar surface area (TPSA) is 45.3 Å². The van der Waals surface area contributed by atoms with E-state index in [2.05, 4.69) is 54.9 Å². The quantitative estimate of drug-likeness (QED) is 0.455. The van der Waals surface area contributed by atoms with Crippen LogP contribution in [0, 0.1) is 5.92 Å². The van der Waals surface area contributed by atoms with Gasteiger partial charge in [-0.15, -0.1) is 0 Å². The molecular formula is C28H46N2O2. The lowest BCUT2D eigenvalue weighted by Gasteiger charge is -2.28. The third kappa shape index (κ3) is 8.04. The standard InChI is InChI=1S/C19H25NO.C9H21NO/c1-3-14-11-17-12-16(9-10-18(17)20-19(14)21)13(2)15-7-5-4-6-8-15;1-4-6-10(7-5-2)8-9-11-3/h9-13,15H,3-8H2,1-2H3,(H,20,21);4-9H2,1-3H3/t13-;/m1./s1. The molecule has 1 fully saturated rings. The number of pyridine rings is 1. The molecule has 1 aliphatic rings. The molecule has 0 amide bonds. The lowest BCUT2D eigenvalue weighted by atomic mass is 9.77. The van der Waals surface area contributed by atoms with Gasteiger partial charge in [0.05, 0.1) is 6.61 Å². The number of methoxy groups -OCH3 is 1. The van der Waals surface area contributed by atoms with Crippen LogP contribution >= 0.6 is 0 Å². The first-order valence-corrected chi connectivity index (χ1v) is 12.9. The molecule has 1 heterocycles. The summed E-state index contributed by atoms with van der Waals surface area (Å²) in [6.45, 7) is 13.2. The molecule has 0 saturated heterocycles. The van der Waals surface area contributed by atoms with Crippen molar-refractivity contribution in [2.24, 2.45) is 5.92 Å². The number of rotatable bonds is 10. The van der Waals surface area contributed by atoms with Crippen LogP contribution in [0.3, 0.4) is 0 Å². The molecule has 0 aliphatic heterocycles. The number of nitrogens with one attached hydrogen (secondary N) is 1. The van der Waals surface area contributed by atoms with Crippen molar-refractivity contribution in [3.63, 3.8) is 0 Å². The molecule has 32 heavy (non-hydrogen) atoms. The van der Waals surface area contributed by atoms with Gasteiger partial charge in [-0.25, -0.2) is 0 Å². The lowest BCUT2D eigenvalue weighted by Crippen LogP contribution is -2.28. The number of nitrogens with zero attached hydrogens (tertiary/aromatic N) is 1. The van der Waals surface area contributed by atoms with Crippen LogP contribution in [-0.4, -0.2) is 43.2 Å². The Kier molecular flexibility index (Phi) is 12.0. The maximum absolute atomic E-state index is 11.9. The summed E-state index contributed by atoms with van der Waals surface area (Å²) < 4.78 is 5.02. The summed E-state index contributed by atoms with van der Waals surface area (Å²) in [5, 5.41) is 1.17. The largest absolute Gasteiger partial charge is 0.383 e. The molecule has 2 aromatic rings. The van der Waals surface area contributed by atoms with E-state index < -0.39 is 0 Å². The third-order valence-electron chi connectivity index (χ3n) is 6.90. The highest BCUT2D eigenvalue weighted by molar-refractivity contribution is 5.79. The minimum absolute atomic E-state index is 0.0538. The van der Waals surface area contributed by atoms with E-state index in [1.165, 1.54) is 69.0 Å². The zero-order chi connectivity index (χ0) is 23.3. The van der Waals surface area contributed by atoms with Crippen LogP contribution in [-0.2, 0) is 11.2 Å². The van der Waals surface area contributed by atoms with Crippen molar-refractivity contribution in [2.45, 2.75) is 85.0 Å². The van der Waals surface area contributed by atoms with E-state index in [1.54, 1.807) is 7.11 Å². The van der Waals surface area contributed by atoms with Gasteiger partial charge in [0.2, 0.25) is 0 Å². The third-order valence-corrected chi connectivity index (χ3v) is 6.90. The van der Waals surface area contributed by atoms with Crippen molar-refractivity contribution < 1.29 is 4.74 Å². The van der Waals surface area contributed by atoms with Crippen molar-refractivity contribution in [3.8, 4) is 0 Å². The Labute approximate surface area is 195 Å². The molecule has 0 radical (unpaired) electrons. The summed E-state index contributed by atoms with van der Waals surface area (Å²) in [7, 11) is 1.76. The van der Waals surface area contributed by atoms with Crippen LogP contribution in [0.15, 0.2) is 29.1 Å². The highest BCUT2D eigenvalue weighted by Gasteiger charge is 2.21. The minimum Gasteiger partial charge on any atom is -0.383 e. The molecule has 3 rings (SSSR count). The number of aromatic nitrogens is 1. The minimum atomic E-state index is 0.0538. The highest BCUT2D eigenvalue weighted by atomic mass is 16.5. The average Bonchev–Trinajstić information content (AvgIpc) is 2.82. The first-order valence-electron chi connectivity index (χ1n) is 12.9. The van der Waals surface area contributed by atoms with Crippen LogP contribution in [0.4, 0.5) is 0 Å². The molecule has 1 aromatic heterocycles. The Hall–Kier alpha value is -1.65. The van der Waals surface area contributed by atoms with Crippen LogP contribution < -0.4 is 5.56 Å². The molecule has 1 aliphatic carbocycles. The van der Waals surface area contributed by atoms with Crippen molar-refractivity contribution in [2.75, 3.05) is 33.4 Å². The van der Waals surface area contributed by atoms with Gasteiger partial charge in [-0.1, -0.05) is 53.0 Å². The number of fused-ring (bicyclic) bond motifs is 1. The van der Waals surface area contributed by atoms with E-state index in [-0.39, 0.29) is 5.56 Å². The molecule has 1 aromatic carbocycles. The fourth-order valence-corrected chi connectivity index (χ4v) is 4.91. The Bertz CT molecular complexity index is 833. The average molecular weight is 443 g/mol. The Morgan fingerprint density at radius 1 is 1.03 bits per heavy atom. The van der Waals surface area contributed by atoms with Gasteiger partial charge in [-0.05, 0) is 86.2 Å². The number of ether oxygens (including phenoxy) is 1. The normalized spacial score (nSPS) is 15.6. The number of H-pyrrole nitrogens is 1. The number of hydrogen-bond acceptors (Lipinski definition) is 3. The van der Waals surface area contributed by atoms with Gasteiger partial charge in [0.25, 0.3) is 5.56 Å². The SMILES string of the molecule is CCCN(CCC)CCOC.CCc1cc2cc([C@H](C)C3CCCCC3)ccc2[nH]c1=O. The monoisotopic (exact) mass is 442 g/mol. The van der Waals surface area contributed by atoms with E-state index in [0.717, 1.165) is 36.6 Å². The summed E-state index contributed by atoms with van der Waals surface area (Å²) in [5.74, 6) is 1.44. The molecule has 0 spiro atoms. The van der Waals surface area contributed by atoms with Gasteiger partial charge in [-0.3, -0.25) is 4.79 Å². The fourth-order valence-electron chi connectivity index (χ4n) is 4.91. The molecule has 180 valence electrons. The van der Waals surface area contributed by atoms with Gasteiger partial charge in [0.1, 0.15) is 0 Å². The predicted molar refractivity (Wildman–Crippen MR) is 138 cm³/mol. The van der Waals surface area contributed by atoms with E-state index in [0.29, 0.717) is 5.92 Å². The maximum atomic E-state index is 11.9. The van der Waals surface area contributed by atoms with Crippen molar-refractivity contribution >= 4 is 10.9 Å². The molecule has 1 atom stereocenters. The second kappa shape index (κ2) is 14.5. The summed E-state index contributed by atoms with van der Waals surface area (Å²) >= 11 is 0. The van der Waals surface area contributed by atoms with Crippen LogP contribution in [0.1, 0.15) is 89.7 Å². The lowest BCUT2D eigenvalue weighted by molar-refractivity contribution is 0.147. The van der Waals surface area contributed by atoms with Crippen LogP contribution in [0.25, 0.3) is 10.9 Å². The summed E-state index contributed by atoms with van der Waals surface area (Å²) in [4.78, 5) is 17.3. The Morgan fingerprint density at radius 2 is 1.72 bits per heavy atom. The molecule has 4 nitrogen and oxygen atoms in total. The van der Waals surface area contributed by atoms with E-state index in [1.807, 2.05) is 6.92 Å². The van der Waals surface area contributed by atoms with Crippen molar-refractivity contribution in [1.82, 2.24) is 9.88 Å². The van der Waals surface area contributed by atoms with Gasteiger partial charge >= 0.3 is 0 Å². The van der Waals surface area contributed by atoms with Gasteiger partial charge in [-0.2, -0.15) is 0 Å². The predicted octanol–water partition coefficient (Wildman–Crippen LogP) is 6.53. The van der Waals surface area contributed by atoms with E-state index >= 15 is 0 Å². The summed E-state index contributed by atoms with van der Waals surface area (Å²) in [5.41, 5.74) is 3.31. The van der Waals surface area contributed by atoms with E-state index in [9.17, 15) is 4.79 Å². The van der Waals surface area contributed by atoms with Gasteiger partial charge in [0.15, 0.2) is 0 Å². The van der Waals surface area contributed by atoms with Crippen molar-refractivity contribution in [1.29, 1.82) is 0 Å². The van der Waals surface area contributed by atoms with Crippen molar-refractivity contribution in [3.05, 3.63) is 45.7 Å². The Balaban J connectivity index is 0.000000282. The smallest absolute Gasteiger partial charge is 0.251 e. The zero-order valence-electron chi connectivity index (χ0n) is 21.2. The molecule has 0 unspecified atom stereocenters. The molecule has 4 heteroatoms. The van der Waals surface area contributed by atoms with Gasteiger partial charge < -0.3 is 14.6 Å². The number of hydrogen-bond donors (Lipinski definition) is 1. The first kappa shape index (κ1) is 26.6. The fraction of sp³-hybridized carbons (Fsp3) is 0.679. The first-order chi connectivity index (χ1) is 15.5. The zero-order valence-corrected chi connectivity index (χ0v) is 21.2.